The second-order valence-corrected chi connectivity index (χ2v) is 3.02. The Labute approximate surface area is 82.2 Å². The van der Waals surface area contributed by atoms with E-state index in [1.54, 1.807) is 7.11 Å². The van der Waals surface area contributed by atoms with Crippen LogP contribution < -0.4 is 0 Å². The number of aromatic nitrogens is 2. The van der Waals surface area contributed by atoms with Crippen LogP contribution >= 0.6 is 11.6 Å². The summed E-state index contributed by atoms with van der Waals surface area (Å²) in [6, 6.07) is 0. The Balaban J connectivity index is 2.34. The van der Waals surface area contributed by atoms with E-state index in [4.69, 9.17) is 20.9 Å². The summed E-state index contributed by atoms with van der Waals surface area (Å²) < 4.78 is 9.88. The highest BCUT2D eigenvalue weighted by Gasteiger charge is 2.04. The van der Waals surface area contributed by atoms with E-state index in [-0.39, 0.29) is 0 Å². The number of ether oxygens (including phenoxy) is 1. The Morgan fingerprint density at radius 2 is 2.31 bits per heavy atom. The van der Waals surface area contributed by atoms with E-state index in [0.717, 1.165) is 12.8 Å². The molecule has 74 valence electrons. The zero-order valence-electron chi connectivity index (χ0n) is 7.62. The van der Waals surface area contributed by atoms with Crippen LogP contribution in [0.1, 0.15) is 18.1 Å². The van der Waals surface area contributed by atoms with Crippen LogP contribution in [0.15, 0.2) is 4.52 Å². The largest absolute Gasteiger partial charge is 0.384 e. The van der Waals surface area contributed by atoms with Crippen LogP contribution in [0, 0.1) is 0 Å². The molecule has 1 aromatic heterocycles. The van der Waals surface area contributed by atoms with E-state index in [1.807, 2.05) is 0 Å². The highest BCUT2D eigenvalue weighted by molar-refractivity contribution is 6.17. The summed E-state index contributed by atoms with van der Waals surface area (Å²) in [4.78, 5) is 4.17. The zero-order valence-corrected chi connectivity index (χ0v) is 8.38. The van der Waals surface area contributed by atoms with Crippen molar-refractivity contribution < 1.29 is 9.26 Å². The summed E-state index contributed by atoms with van der Waals surface area (Å²) in [6.45, 7) is 0.620. The van der Waals surface area contributed by atoms with Gasteiger partial charge in [0.05, 0.1) is 6.61 Å². The van der Waals surface area contributed by atoms with Gasteiger partial charge in [-0.05, 0) is 6.42 Å². The molecule has 4 nitrogen and oxygen atoms in total. The number of rotatable bonds is 6. The van der Waals surface area contributed by atoms with Gasteiger partial charge in [0.2, 0.25) is 5.89 Å². The molecule has 0 fully saturated rings. The van der Waals surface area contributed by atoms with Crippen molar-refractivity contribution in [3.05, 3.63) is 11.7 Å². The number of halogens is 1. The lowest BCUT2D eigenvalue weighted by Crippen LogP contribution is -1.96. The molecule has 0 amide bonds. The van der Waals surface area contributed by atoms with Gasteiger partial charge < -0.3 is 9.26 Å². The van der Waals surface area contributed by atoms with Crippen LogP contribution in [-0.4, -0.2) is 29.7 Å². The number of methoxy groups -OCH3 is 1. The van der Waals surface area contributed by atoms with Crippen molar-refractivity contribution in [2.45, 2.75) is 19.3 Å². The van der Waals surface area contributed by atoms with Crippen molar-refractivity contribution in [2.75, 3.05) is 19.6 Å². The number of hydrogen-bond donors (Lipinski definition) is 0. The minimum Gasteiger partial charge on any atom is -0.384 e. The molecule has 0 spiro atoms. The van der Waals surface area contributed by atoms with Crippen LogP contribution in [0.25, 0.3) is 0 Å². The average molecular weight is 205 g/mol. The highest BCUT2D eigenvalue weighted by Crippen LogP contribution is 2.02. The Morgan fingerprint density at radius 3 is 3.00 bits per heavy atom. The SMILES string of the molecule is COCCc1noc(CCCCl)n1. The second kappa shape index (κ2) is 5.94. The molecule has 0 aromatic carbocycles. The fourth-order valence-electron chi connectivity index (χ4n) is 0.905. The summed E-state index contributed by atoms with van der Waals surface area (Å²) in [6.07, 6.45) is 2.32. The van der Waals surface area contributed by atoms with E-state index in [2.05, 4.69) is 10.1 Å². The fraction of sp³-hybridized carbons (Fsp3) is 0.750. The number of aryl methyl sites for hydroxylation is 1. The Kier molecular flexibility index (Phi) is 4.78. The smallest absolute Gasteiger partial charge is 0.226 e. The summed E-state index contributed by atoms with van der Waals surface area (Å²) in [5, 5.41) is 3.80. The minimum atomic E-state index is 0.620. The predicted octanol–water partition coefficient (Wildman–Crippen LogP) is 1.43. The molecule has 0 aliphatic carbocycles. The monoisotopic (exact) mass is 204 g/mol. The van der Waals surface area contributed by atoms with Gasteiger partial charge in [0, 0.05) is 25.8 Å². The summed E-state index contributed by atoms with van der Waals surface area (Å²) >= 11 is 5.53. The standard InChI is InChI=1S/C8H13ClN2O2/c1-12-6-4-7-10-8(13-11-7)3-2-5-9/h2-6H2,1H3. The maximum absolute atomic E-state index is 5.53. The Morgan fingerprint density at radius 1 is 1.46 bits per heavy atom. The van der Waals surface area contributed by atoms with Gasteiger partial charge >= 0.3 is 0 Å². The molecule has 0 atom stereocenters. The molecule has 0 saturated carbocycles. The molecule has 1 heterocycles. The van der Waals surface area contributed by atoms with Gasteiger partial charge in [0.25, 0.3) is 0 Å². The molecular formula is C8H13ClN2O2. The van der Waals surface area contributed by atoms with Crippen LogP contribution in [0.2, 0.25) is 0 Å². The third-order valence-corrected chi connectivity index (χ3v) is 1.83. The lowest BCUT2D eigenvalue weighted by molar-refractivity contribution is 0.199. The molecule has 1 rings (SSSR count). The zero-order chi connectivity index (χ0) is 9.52. The first kappa shape index (κ1) is 10.5. The molecule has 0 unspecified atom stereocenters. The van der Waals surface area contributed by atoms with Gasteiger partial charge in [-0.15, -0.1) is 11.6 Å². The van der Waals surface area contributed by atoms with E-state index in [0.29, 0.717) is 30.6 Å². The average Bonchev–Trinajstić information content (AvgIpc) is 2.59. The predicted molar refractivity (Wildman–Crippen MR) is 48.9 cm³/mol. The van der Waals surface area contributed by atoms with Crippen molar-refractivity contribution in [1.82, 2.24) is 10.1 Å². The molecule has 1 aromatic rings. The van der Waals surface area contributed by atoms with E-state index in [9.17, 15) is 0 Å². The lowest BCUT2D eigenvalue weighted by atomic mass is 10.3. The maximum Gasteiger partial charge on any atom is 0.226 e. The summed E-state index contributed by atoms with van der Waals surface area (Å²) in [5.41, 5.74) is 0. The first-order valence-electron chi connectivity index (χ1n) is 4.23. The van der Waals surface area contributed by atoms with Crippen LogP contribution in [-0.2, 0) is 17.6 Å². The second-order valence-electron chi connectivity index (χ2n) is 2.64. The fourth-order valence-corrected chi connectivity index (χ4v) is 1.04. The highest BCUT2D eigenvalue weighted by atomic mass is 35.5. The maximum atomic E-state index is 5.53. The number of hydrogen-bond acceptors (Lipinski definition) is 4. The van der Waals surface area contributed by atoms with Gasteiger partial charge in [-0.25, -0.2) is 0 Å². The Hall–Kier alpha value is -0.610. The van der Waals surface area contributed by atoms with Crippen molar-refractivity contribution in [3.63, 3.8) is 0 Å². The van der Waals surface area contributed by atoms with Crippen LogP contribution in [0.5, 0.6) is 0 Å². The van der Waals surface area contributed by atoms with Crippen molar-refractivity contribution in [1.29, 1.82) is 0 Å². The van der Waals surface area contributed by atoms with E-state index >= 15 is 0 Å². The lowest BCUT2D eigenvalue weighted by Gasteiger charge is -1.90. The van der Waals surface area contributed by atoms with Crippen LogP contribution in [0.4, 0.5) is 0 Å². The first-order chi connectivity index (χ1) is 6.36. The molecule has 0 bridgehead atoms. The third kappa shape index (κ3) is 3.74. The molecule has 0 N–H and O–H groups in total. The molecule has 5 heteroatoms. The van der Waals surface area contributed by atoms with E-state index in [1.165, 1.54) is 0 Å². The topological polar surface area (TPSA) is 48.2 Å². The summed E-state index contributed by atoms with van der Waals surface area (Å²) in [7, 11) is 1.65. The molecule has 0 aliphatic rings. The van der Waals surface area contributed by atoms with Gasteiger partial charge in [0.15, 0.2) is 5.82 Å². The summed E-state index contributed by atoms with van der Waals surface area (Å²) in [5.74, 6) is 1.98. The molecular weight excluding hydrogens is 192 g/mol. The minimum absolute atomic E-state index is 0.620. The van der Waals surface area contributed by atoms with Crippen LogP contribution in [0.3, 0.4) is 0 Å². The van der Waals surface area contributed by atoms with Crippen molar-refractivity contribution in [2.24, 2.45) is 0 Å². The quantitative estimate of drug-likeness (QED) is 0.658. The van der Waals surface area contributed by atoms with Gasteiger partial charge in [0.1, 0.15) is 0 Å². The van der Waals surface area contributed by atoms with Gasteiger partial charge in [-0.3, -0.25) is 0 Å². The van der Waals surface area contributed by atoms with Gasteiger partial charge in [-0.1, -0.05) is 5.16 Å². The first-order valence-corrected chi connectivity index (χ1v) is 4.76. The molecule has 0 aliphatic heterocycles. The molecule has 0 saturated heterocycles. The number of alkyl halides is 1. The number of nitrogens with zero attached hydrogens (tertiary/aromatic N) is 2. The Bertz CT molecular complexity index is 217. The molecule has 0 radical (unpaired) electrons. The molecule has 13 heavy (non-hydrogen) atoms. The third-order valence-electron chi connectivity index (χ3n) is 1.56. The van der Waals surface area contributed by atoms with E-state index < -0.39 is 0 Å². The van der Waals surface area contributed by atoms with Crippen molar-refractivity contribution in [3.8, 4) is 0 Å². The van der Waals surface area contributed by atoms with Gasteiger partial charge in [-0.2, -0.15) is 4.98 Å². The van der Waals surface area contributed by atoms with Crippen molar-refractivity contribution >= 4 is 11.6 Å². The normalized spacial score (nSPS) is 10.6.